The van der Waals surface area contributed by atoms with Crippen molar-refractivity contribution in [3.8, 4) is 0 Å². The maximum atomic E-state index is 14.7. The number of alkyl halides is 2. The third-order valence-electron chi connectivity index (χ3n) is 7.49. The largest absolute Gasteiger partial charge is 0.363 e. The van der Waals surface area contributed by atoms with Gasteiger partial charge in [-0.15, -0.1) is 0 Å². The van der Waals surface area contributed by atoms with Crippen LogP contribution in [0.4, 0.5) is 23.8 Å². The van der Waals surface area contributed by atoms with E-state index in [9.17, 15) is 18.0 Å². The molecule has 0 radical (unpaired) electrons. The van der Waals surface area contributed by atoms with Gasteiger partial charge in [-0.05, 0) is 44.8 Å². The zero-order chi connectivity index (χ0) is 24.9. The van der Waals surface area contributed by atoms with Gasteiger partial charge in [0, 0.05) is 30.8 Å². The number of rotatable bonds is 4. The average molecular weight is 509 g/mol. The van der Waals surface area contributed by atoms with E-state index < -0.39 is 23.8 Å². The first-order chi connectivity index (χ1) is 16.7. The third-order valence-corrected chi connectivity index (χ3v) is 7.66. The number of benzene rings is 1. The number of amides is 2. The van der Waals surface area contributed by atoms with Crippen LogP contribution in [0.5, 0.6) is 0 Å². The lowest BCUT2D eigenvalue weighted by molar-refractivity contribution is 0.113. The van der Waals surface area contributed by atoms with Gasteiger partial charge in [0.05, 0.1) is 35.9 Å². The van der Waals surface area contributed by atoms with Crippen molar-refractivity contribution in [1.82, 2.24) is 24.7 Å². The second-order valence-electron chi connectivity index (χ2n) is 9.79. The first kappa shape index (κ1) is 24.1. The zero-order valence-corrected chi connectivity index (χ0v) is 20.5. The van der Waals surface area contributed by atoms with Crippen LogP contribution in [0.2, 0.25) is 5.28 Å². The topological polar surface area (TPSA) is 64.6 Å². The van der Waals surface area contributed by atoms with Gasteiger partial charge in [-0.1, -0.05) is 18.2 Å². The second kappa shape index (κ2) is 9.13. The summed E-state index contributed by atoms with van der Waals surface area (Å²) in [4.78, 5) is 28.2. The number of nitrogens with one attached hydrogen (secondary N) is 1. The molecule has 0 saturated carbocycles. The highest BCUT2D eigenvalue weighted by molar-refractivity contribution is 6.28. The summed E-state index contributed by atoms with van der Waals surface area (Å²) in [5.74, 6) is -0.571. The molecular formula is C24H28ClF3N6O. The lowest BCUT2D eigenvalue weighted by Crippen LogP contribution is -2.52. The molecule has 4 heterocycles. The van der Waals surface area contributed by atoms with Gasteiger partial charge in [-0.25, -0.2) is 27.9 Å². The molecule has 2 amide bonds. The van der Waals surface area contributed by atoms with Crippen molar-refractivity contribution in [3.63, 3.8) is 0 Å². The van der Waals surface area contributed by atoms with E-state index in [0.717, 1.165) is 45.0 Å². The lowest BCUT2D eigenvalue weighted by atomic mass is 9.95. The van der Waals surface area contributed by atoms with Gasteiger partial charge in [0.15, 0.2) is 0 Å². The fourth-order valence-corrected chi connectivity index (χ4v) is 5.91. The zero-order valence-electron chi connectivity index (χ0n) is 19.7. The molecule has 1 unspecified atom stereocenters. The average Bonchev–Trinajstić information content (AvgIpc) is 3.52. The second-order valence-corrected chi connectivity index (χ2v) is 10.1. The SMILES string of the molecule is C[C@@H](Nc1nc(Cl)nc2c1CN(C(=O)N1CCCC13CCN(C)C3)C2)c1cccc(C(F)F)c1F. The standard InChI is InChI=1S/C24H28ClF3N6O/c1-14(15-5-3-6-16(19(15)26)20(27)28)29-21-17-11-33(12-18(17)30-22(25)31-21)23(35)34-9-4-7-24(34)8-10-32(2)13-24/h3,5-6,14,20H,4,7-13H2,1-2H3,(H,29,30,31)/t14-,24?/m1/s1. The summed E-state index contributed by atoms with van der Waals surface area (Å²) in [5.41, 5.74) is 0.674. The molecule has 35 heavy (non-hydrogen) atoms. The number of carbonyl (C=O) groups excluding carboxylic acids is 1. The molecule has 1 aromatic heterocycles. The van der Waals surface area contributed by atoms with Gasteiger partial charge in [-0.2, -0.15) is 0 Å². The van der Waals surface area contributed by atoms with Crippen LogP contribution in [-0.2, 0) is 13.1 Å². The minimum Gasteiger partial charge on any atom is -0.363 e. The quantitative estimate of drug-likeness (QED) is 0.590. The fraction of sp³-hybridized carbons (Fsp3) is 0.542. The Morgan fingerprint density at radius 1 is 1.17 bits per heavy atom. The lowest BCUT2D eigenvalue weighted by Gasteiger charge is -2.37. The molecule has 2 saturated heterocycles. The van der Waals surface area contributed by atoms with Crippen molar-refractivity contribution < 1.29 is 18.0 Å². The molecule has 2 fully saturated rings. The predicted molar refractivity (Wildman–Crippen MR) is 126 cm³/mol. The molecule has 11 heteroatoms. The van der Waals surface area contributed by atoms with Crippen LogP contribution in [0.1, 0.15) is 61.0 Å². The van der Waals surface area contributed by atoms with E-state index >= 15 is 0 Å². The maximum Gasteiger partial charge on any atom is 0.321 e. The van der Waals surface area contributed by atoms with Gasteiger partial charge in [0.2, 0.25) is 5.28 Å². The number of nitrogens with zero attached hydrogens (tertiary/aromatic N) is 5. The van der Waals surface area contributed by atoms with E-state index in [4.69, 9.17) is 11.6 Å². The highest BCUT2D eigenvalue weighted by atomic mass is 35.5. The summed E-state index contributed by atoms with van der Waals surface area (Å²) in [6.07, 6.45) is 0.0470. The number of fused-ring (bicyclic) bond motifs is 1. The van der Waals surface area contributed by atoms with E-state index in [-0.39, 0.29) is 22.4 Å². The minimum atomic E-state index is -2.91. The number of hydrogen-bond acceptors (Lipinski definition) is 5. The first-order valence-electron chi connectivity index (χ1n) is 11.8. The Bertz CT molecular complexity index is 1150. The van der Waals surface area contributed by atoms with Crippen molar-refractivity contribution in [2.45, 2.75) is 57.3 Å². The van der Waals surface area contributed by atoms with Gasteiger partial charge < -0.3 is 20.0 Å². The van der Waals surface area contributed by atoms with Gasteiger partial charge in [-0.3, -0.25) is 0 Å². The number of likely N-dealkylation sites (tertiary alicyclic amines) is 2. The fourth-order valence-electron chi connectivity index (χ4n) is 5.73. The summed E-state index contributed by atoms with van der Waals surface area (Å²) < 4.78 is 41.0. The summed E-state index contributed by atoms with van der Waals surface area (Å²) in [7, 11) is 2.08. The molecule has 1 spiro atoms. The van der Waals surface area contributed by atoms with E-state index in [1.165, 1.54) is 12.1 Å². The van der Waals surface area contributed by atoms with E-state index in [0.29, 0.717) is 30.2 Å². The van der Waals surface area contributed by atoms with Crippen LogP contribution in [0.25, 0.3) is 0 Å². The van der Waals surface area contributed by atoms with E-state index in [2.05, 4.69) is 27.2 Å². The number of carbonyl (C=O) groups is 1. The van der Waals surface area contributed by atoms with Crippen molar-refractivity contribution in [3.05, 3.63) is 51.7 Å². The first-order valence-corrected chi connectivity index (χ1v) is 12.2. The molecule has 2 atom stereocenters. The Hall–Kier alpha value is -2.59. The van der Waals surface area contributed by atoms with Crippen molar-refractivity contribution >= 4 is 23.4 Å². The Labute approximate surface area is 207 Å². The van der Waals surface area contributed by atoms with Gasteiger partial charge >= 0.3 is 6.03 Å². The molecule has 7 nitrogen and oxygen atoms in total. The number of likely N-dealkylation sites (N-methyl/N-ethyl adjacent to an activating group) is 1. The molecule has 1 N–H and O–H groups in total. The summed E-state index contributed by atoms with van der Waals surface area (Å²) in [6, 6.07) is 3.25. The number of urea groups is 1. The van der Waals surface area contributed by atoms with E-state index in [1.54, 1.807) is 11.8 Å². The van der Waals surface area contributed by atoms with Crippen LogP contribution in [0, 0.1) is 5.82 Å². The van der Waals surface area contributed by atoms with Crippen LogP contribution < -0.4 is 5.32 Å². The third kappa shape index (κ3) is 4.31. The molecule has 1 aromatic carbocycles. The number of halogens is 4. The monoisotopic (exact) mass is 508 g/mol. The van der Waals surface area contributed by atoms with Crippen molar-refractivity contribution in [2.24, 2.45) is 0 Å². The molecule has 188 valence electrons. The highest BCUT2D eigenvalue weighted by Gasteiger charge is 2.49. The van der Waals surface area contributed by atoms with Crippen LogP contribution in [0.3, 0.4) is 0 Å². The van der Waals surface area contributed by atoms with Crippen LogP contribution >= 0.6 is 11.6 Å². The van der Waals surface area contributed by atoms with Crippen LogP contribution in [-0.4, -0.2) is 62.9 Å². The molecule has 3 aliphatic rings. The summed E-state index contributed by atoms with van der Waals surface area (Å²) >= 11 is 6.17. The number of hydrogen-bond donors (Lipinski definition) is 1. The Morgan fingerprint density at radius 2 is 1.94 bits per heavy atom. The summed E-state index contributed by atoms with van der Waals surface area (Å²) in [5, 5.41) is 3.12. The maximum absolute atomic E-state index is 14.7. The minimum absolute atomic E-state index is 0.00427. The molecular weight excluding hydrogens is 481 g/mol. The molecule has 3 aliphatic heterocycles. The number of anilines is 1. The summed E-state index contributed by atoms with van der Waals surface area (Å²) in [6.45, 7) is 4.84. The van der Waals surface area contributed by atoms with Crippen molar-refractivity contribution in [2.75, 3.05) is 32.0 Å². The Kier molecular flexibility index (Phi) is 6.29. The van der Waals surface area contributed by atoms with E-state index in [1.807, 2.05) is 4.90 Å². The van der Waals surface area contributed by atoms with Crippen LogP contribution in [0.15, 0.2) is 18.2 Å². The Balaban J connectivity index is 1.37. The molecule has 0 aliphatic carbocycles. The van der Waals surface area contributed by atoms with Crippen molar-refractivity contribution in [1.29, 1.82) is 0 Å². The number of aromatic nitrogens is 2. The van der Waals surface area contributed by atoms with Gasteiger partial charge in [0.25, 0.3) is 6.43 Å². The predicted octanol–water partition coefficient (Wildman–Crippen LogP) is 4.99. The Morgan fingerprint density at radius 3 is 2.66 bits per heavy atom. The smallest absolute Gasteiger partial charge is 0.321 e. The highest BCUT2D eigenvalue weighted by Crippen LogP contribution is 2.39. The normalized spacial score (nSPS) is 22.9. The molecule has 2 aromatic rings. The molecule has 0 bridgehead atoms. The molecule has 5 rings (SSSR count). The van der Waals surface area contributed by atoms with Gasteiger partial charge in [0.1, 0.15) is 11.6 Å².